The minimum atomic E-state index is -0.693. The number of hydrogen-bond donors (Lipinski definition) is 2. The Morgan fingerprint density at radius 3 is 2.60 bits per heavy atom. The molecule has 8 nitrogen and oxygen atoms in total. The maximum Gasteiger partial charge on any atom is 0.323 e. The molecule has 0 spiro atoms. The van der Waals surface area contributed by atoms with Gasteiger partial charge in [0.2, 0.25) is 5.95 Å². The highest BCUT2D eigenvalue weighted by Gasteiger charge is 2.22. The molecule has 158 valence electrons. The van der Waals surface area contributed by atoms with Crippen LogP contribution in [0.5, 0.6) is 0 Å². The number of carbonyl (C=O) groups is 1. The zero-order chi connectivity index (χ0) is 21.3. The van der Waals surface area contributed by atoms with Gasteiger partial charge in [0.25, 0.3) is 0 Å². The van der Waals surface area contributed by atoms with E-state index in [4.69, 9.17) is 4.42 Å². The first-order valence-electron chi connectivity index (χ1n) is 10.2. The number of aromatic nitrogens is 3. The van der Waals surface area contributed by atoms with E-state index >= 15 is 0 Å². The van der Waals surface area contributed by atoms with Gasteiger partial charge in [-0.3, -0.25) is 10.3 Å². The minimum absolute atomic E-state index is 0.0373. The first kappa shape index (κ1) is 20.1. The predicted molar refractivity (Wildman–Crippen MR) is 113 cm³/mol. The molecular formula is C21H25FN6O2. The average Bonchev–Trinajstić information content (AvgIpc) is 3.17. The number of likely N-dealkylation sites (tertiary alicyclic amines) is 1. The van der Waals surface area contributed by atoms with E-state index in [-0.39, 0.29) is 23.3 Å². The van der Waals surface area contributed by atoms with Gasteiger partial charge in [-0.25, -0.2) is 9.78 Å². The highest BCUT2D eigenvalue weighted by Crippen LogP contribution is 2.34. The topological polar surface area (TPSA) is 96.2 Å². The highest BCUT2D eigenvalue weighted by atomic mass is 19.1. The number of hydrogen-bond acceptors (Lipinski definition) is 6. The van der Waals surface area contributed by atoms with Gasteiger partial charge in [0, 0.05) is 37.6 Å². The predicted octanol–water partition coefficient (Wildman–Crippen LogP) is 4.57. The molecule has 9 heteroatoms. The van der Waals surface area contributed by atoms with Crippen LogP contribution < -0.4 is 10.6 Å². The van der Waals surface area contributed by atoms with Crippen molar-refractivity contribution in [2.75, 3.05) is 23.7 Å². The molecule has 30 heavy (non-hydrogen) atoms. The van der Waals surface area contributed by atoms with Crippen molar-refractivity contribution in [3.05, 3.63) is 30.3 Å². The van der Waals surface area contributed by atoms with Crippen LogP contribution in [-0.4, -0.2) is 45.0 Å². The molecule has 1 aliphatic rings. The van der Waals surface area contributed by atoms with E-state index < -0.39 is 5.95 Å². The van der Waals surface area contributed by atoms with Crippen LogP contribution in [0.4, 0.5) is 20.7 Å². The molecule has 3 aromatic heterocycles. The first-order chi connectivity index (χ1) is 14.4. The summed E-state index contributed by atoms with van der Waals surface area (Å²) >= 11 is 0. The number of anilines is 2. The summed E-state index contributed by atoms with van der Waals surface area (Å²) in [5, 5.41) is 6.92. The molecule has 3 aromatic rings. The molecule has 0 aliphatic carbocycles. The monoisotopic (exact) mass is 412 g/mol. The first-order valence-corrected chi connectivity index (χ1v) is 10.2. The smallest absolute Gasteiger partial charge is 0.323 e. The Morgan fingerprint density at radius 1 is 1.17 bits per heavy atom. The van der Waals surface area contributed by atoms with Gasteiger partial charge in [-0.2, -0.15) is 9.37 Å². The Morgan fingerprint density at radius 2 is 1.93 bits per heavy atom. The van der Waals surface area contributed by atoms with Crippen molar-refractivity contribution in [2.24, 2.45) is 0 Å². The van der Waals surface area contributed by atoms with Crippen molar-refractivity contribution >= 4 is 28.3 Å². The Balaban J connectivity index is 1.79. The minimum Gasteiger partial charge on any atom is -0.439 e. The average molecular weight is 412 g/mol. The number of pyridine rings is 2. The number of rotatable bonds is 4. The summed E-state index contributed by atoms with van der Waals surface area (Å²) in [7, 11) is 0. The third-order valence-corrected chi connectivity index (χ3v) is 5.02. The fourth-order valence-corrected chi connectivity index (χ4v) is 3.59. The molecule has 2 N–H and O–H groups in total. The molecule has 0 aromatic carbocycles. The van der Waals surface area contributed by atoms with Gasteiger partial charge in [0.15, 0.2) is 17.5 Å². The second-order valence-electron chi connectivity index (χ2n) is 7.76. The van der Waals surface area contributed by atoms with E-state index in [1.807, 2.05) is 13.8 Å². The van der Waals surface area contributed by atoms with Crippen molar-refractivity contribution in [1.29, 1.82) is 0 Å². The van der Waals surface area contributed by atoms with Crippen LogP contribution in [0.3, 0.4) is 0 Å². The van der Waals surface area contributed by atoms with Gasteiger partial charge < -0.3 is 14.6 Å². The number of carbonyl (C=O) groups excluding carboxylic acids is 1. The van der Waals surface area contributed by atoms with Crippen molar-refractivity contribution in [2.45, 2.75) is 46.1 Å². The van der Waals surface area contributed by atoms with Gasteiger partial charge in [0.05, 0.1) is 17.3 Å². The lowest BCUT2D eigenvalue weighted by atomic mass is 10.1. The number of halogens is 1. The SMILES string of the molecule is Cc1ncc(-c2cc3c(NC(C)C)c(NC(=O)N4CCCCC4)nc(F)c3cn2)o1. The summed E-state index contributed by atoms with van der Waals surface area (Å²) in [6.07, 6.45) is 6.05. The fourth-order valence-electron chi connectivity index (χ4n) is 3.59. The van der Waals surface area contributed by atoms with Crippen LogP contribution in [-0.2, 0) is 0 Å². The molecule has 0 unspecified atom stereocenters. The molecule has 1 aliphatic heterocycles. The molecular weight excluding hydrogens is 387 g/mol. The van der Waals surface area contributed by atoms with Gasteiger partial charge in [-0.05, 0) is 39.2 Å². The van der Waals surface area contributed by atoms with Gasteiger partial charge in [-0.15, -0.1) is 0 Å². The number of amides is 2. The van der Waals surface area contributed by atoms with Crippen molar-refractivity contribution in [3.8, 4) is 11.5 Å². The number of urea groups is 1. The fraction of sp³-hybridized carbons (Fsp3) is 0.429. The number of oxazole rings is 1. The van der Waals surface area contributed by atoms with E-state index in [1.54, 1.807) is 24.1 Å². The van der Waals surface area contributed by atoms with E-state index in [9.17, 15) is 9.18 Å². The van der Waals surface area contributed by atoms with Crippen molar-refractivity contribution in [3.63, 3.8) is 0 Å². The highest BCUT2D eigenvalue weighted by molar-refractivity contribution is 6.03. The molecule has 4 rings (SSSR count). The maximum atomic E-state index is 14.8. The molecule has 1 saturated heterocycles. The van der Waals surface area contributed by atoms with Gasteiger partial charge in [0.1, 0.15) is 5.69 Å². The third kappa shape index (κ3) is 4.05. The lowest BCUT2D eigenvalue weighted by molar-refractivity contribution is 0.200. The Hall–Kier alpha value is -3.23. The molecule has 0 bridgehead atoms. The maximum absolute atomic E-state index is 14.8. The number of fused-ring (bicyclic) bond motifs is 1. The van der Waals surface area contributed by atoms with Crippen LogP contribution in [0.2, 0.25) is 0 Å². The molecule has 1 fully saturated rings. The van der Waals surface area contributed by atoms with E-state index in [0.29, 0.717) is 41.5 Å². The van der Waals surface area contributed by atoms with Crippen molar-refractivity contribution in [1.82, 2.24) is 19.9 Å². The summed E-state index contributed by atoms with van der Waals surface area (Å²) in [6.45, 7) is 7.05. The summed E-state index contributed by atoms with van der Waals surface area (Å²) in [5.74, 6) is 0.472. The third-order valence-electron chi connectivity index (χ3n) is 5.02. The van der Waals surface area contributed by atoms with E-state index in [1.165, 1.54) is 6.20 Å². The summed E-state index contributed by atoms with van der Waals surface area (Å²) in [4.78, 5) is 26.9. The largest absolute Gasteiger partial charge is 0.439 e. The summed E-state index contributed by atoms with van der Waals surface area (Å²) in [6, 6.07) is 1.49. The lowest BCUT2D eigenvalue weighted by Crippen LogP contribution is -2.39. The van der Waals surface area contributed by atoms with Crippen LogP contribution in [0.25, 0.3) is 22.2 Å². The number of piperidine rings is 1. The zero-order valence-corrected chi connectivity index (χ0v) is 17.3. The Bertz CT molecular complexity index is 1070. The zero-order valence-electron chi connectivity index (χ0n) is 17.3. The molecule has 0 saturated carbocycles. The Labute approximate surface area is 173 Å². The van der Waals surface area contributed by atoms with Crippen molar-refractivity contribution < 1.29 is 13.6 Å². The number of aryl methyl sites for hydroxylation is 1. The quantitative estimate of drug-likeness (QED) is 0.610. The van der Waals surface area contributed by atoms with Crippen LogP contribution in [0.1, 0.15) is 39.0 Å². The molecule has 2 amide bonds. The number of nitrogens with zero attached hydrogens (tertiary/aromatic N) is 4. The van der Waals surface area contributed by atoms with Crippen LogP contribution in [0.15, 0.2) is 22.9 Å². The van der Waals surface area contributed by atoms with Crippen LogP contribution >= 0.6 is 0 Å². The van der Waals surface area contributed by atoms with Gasteiger partial charge in [-0.1, -0.05) is 0 Å². The molecule has 0 radical (unpaired) electrons. The standard InChI is InChI=1S/C21H25FN6O2/c1-12(2)25-18-14-9-16(17-11-23-13(3)30-17)24-10-15(14)19(22)26-20(18)27-21(29)28-7-5-4-6-8-28/h9-12,25H,4-8H2,1-3H3,(H,26,27,29). The van der Waals surface area contributed by atoms with Crippen LogP contribution in [0, 0.1) is 12.9 Å². The Kier molecular flexibility index (Phi) is 5.52. The summed E-state index contributed by atoms with van der Waals surface area (Å²) in [5.41, 5.74) is 1.07. The normalized spacial score (nSPS) is 14.4. The lowest BCUT2D eigenvalue weighted by Gasteiger charge is -2.27. The second kappa shape index (κ2) is 8.25. The van der Waals surface area contributed by atoms with Gasteiger partial charge >= 0.3 is 6.03 Å². The van der Waals surface area contributed by atoms with E-state index in [2.05, 4.69) is 25.6 Å². The summed E-state index contributed by atoms with van der Waals surface area (Å²) < 4.78 is 20.4. The van der Waals surface area contributed by atoms with E-state index in [0.717, 1.165) is 19.3 Å². The number of nitrogens with one attached hydrogen (secondary N) is 2. The molecule has 4 heterocycles. The second-order valence-corrected chi connectivity index (χ2v) is 7.76. The molecule has 0 atom stereocenters.